The molecule has 0 saturated carbocycles. The fraction of sp³-hybridized carbons (Fsp3) is 0.571. The van der Waals surface area contributed by atoms with Gasteiger partial charge in [0.05, 0.1) is 6.42 Å². The van der Waals surface area contributed by atoms with Crippen LogP contribution in [0.1, 0.15) is 20.3 Å². The molecule has 0 aromatic heterocycles. The summed E-state index contributed by atoms with van der Waals surface area (Å²) >= 11 is 2.05. The summed E-state index contributed by atoms with van der Waals surface area (Å²) in [6.45, 7) is 7.08. The van der Waals surface area contributed by atoms with Gasteiger partial charge in [0.15, 0.2) is 3.61 Å². The second-order valence-corrected chi connectivity index (χ2v) is 4.93. The van der Waals surface area contributed by atoms with Crippen molar-refractivity contribution in [1.29, 1.82) is 0 Å². The lowest BCUT2D eigenvalue weighted by Gasteiger charge is -2.16. The van der Waals surface area contributed by atoms with Crippen LogP contribution in [0.25, 0.3) is 0 Å². The van der Waals surface area contributed by atoms with E-state index in [1.165, 1.54) is 6.08 Å². The van der Waals surface area contributed by atoms with Crippen LogP contribution in [-0.4, -0.2) is 9.58 Å². The first kappa shape index (κ1) is 9.94. The molecule has 0 unspecified atom stereocenters. The third kappa shape index (κ3) is 6.07. The largest absolute Gasteiger partial charge is 0.449 e. The van der Waals surface area contributed by atoms with Gasteiger partial charge >= 0.3 is 5.97 Å². The van der Waals surface area contributed by atoms with Crippen molar-refractivity contribution in [2.75, 3.05) is 0 Å². The lowest BCUT2D eigenvalue weighted by molar-refractivity contribution is -0.147. The normalized spacial score (nSPS) is 10.7. The molecule has 3 heteroatoms. The van der Waals surface area contributed by atoms with E-state index in [1.807, 2.05) is 13.8 Å². The molecule has 0 atom stereocenters. The van der Waals surface area contributed by atoms with Gasteiger partial charge in [0.2, 0.25) is 0 Å². The van der Waals surface area contributed by atoms with Gasteiger partial charge in [-0.2, -0.15) is 0 Å². The molecule has 2 nitrogen and oxygen atoms in total. The Kier molecular flexibility index (Phi) is 3.93. The van der Waals surface area contributed by atoms with E-state index in [0.29, 0.717) is 0 Å². The van der Waals surface area contributed by atoms with Crippen molar-refractivity contribution in [1.82, 2.24) is 0 Å². The minimum Gasteiger partial charge on any atom is -0.449 e. The number of alkyl halides is 1. The smallest absolute Gasteiger partial charge is 0.310 e. The summed E-state index contributed by atoms with van der Waals surface area (Å²) in [5, 5.41) is 0. The zero-order valence-corrected chi connectivity index (χ0v) is 8.34. The molecule has 0 saturated heterocycles. The van der Waals surface area contributed by atoms with Crippen LogP contribution in [-0.2, 0) is 9.53 Å². The van der Waals surface area contributed by atoms with E-state index in [-0.39, 0.29) is 12.4 Å². The summed E-state index contributed by atoms with van der Waals surface area (Å²) in [6.07, 6.45) is 1.82. The number of rotatable bonds is 3. The van der Waals surface area contributed by atoms with Crippen LogP contribution in [0.5, 0.6) is 0 Å². The maximum atomic E-state index is 10.8. The van der Waals surface area contributed by atoms with Gasteiger partial charge in [0, 0.05) is 0 Å². The summed E-state index contributed by atoms with van der Waals surface area (Å²) in [7, 11) is 0. The number of hydrogen-bond donors (Lipinski definition) is 0. The summed E-state index contributed by atoms with van der Waals surface area (Å²) < 4.78 is 4.55. The number of carbonyl (C=O) groups is 1. The average Bonchev–Trinajstić information content (AvgIpc) is 1.59. The van der Waals surface area contributed by atoms with Crippen LogP contribution in [0.2, 0.25) is 0 Å². The third-order valence-electron chi connectivity index (χ3n) is 0.668. The van der Waals surface area contributed by atoms with Crippen molar-refractivity contribution >= 4 is 28.6 Å². The Hall–Kier alpha value is -0.0600. The fourth-order valence-electron chi connectivity index (χ4n) is 0.430. The first-order chi connectivity index (χ1) is 4.45. The Balaban J connectivity index is 3.68. The lowest BCUT2D eigenvalue weighted by Crippen LogP contribution is -2.19. The third-order valence-corrected chi connectivity index (χ3v) is 0.888. The van der Waals surface area contributed by atoms with Crippen molar-refractivity contribution in [3.8, 4) is 0 Å². The van der Waals surface area contributed by atoms with Crippen molar-refractivity contribution in [3.05, 3.63) is 12.7 Å². The second kappa shape index (κ2) is 3.95. The fourth-order valence-corrected chi connectivity index (χ4v) is 0.676. The highest BCUT2D eigenvalue weighted by molar-refractivity contribution is 14.1. The van der Waals surface area contributed by atoms with Gasteiger partial charge < -0.3 is 4.74 Å². The summed E-state index contributed by atoms with van der Waals surface area (Å²) in [6, 6.07) is 0. The molecule has 0 aliphatic heterocycles. The van der Waals surface area contributed by atoms with Gasteiger partial charge in [0.1, 0.15) is 0 Å². The predicted molar refractivity (Wildman–Crippen MR) is 49.0 cm³/mol. The van der Waals surface area contributed by atoms with Crippen LogP contribution in [0.15, 0.2) is 12.7 Å². The van der Waals surface area contributed by atoms with Crippen molar-refractivity contribution < 1.29 is 9.53 Å². The second-order valence-electron chi connectivity index (χ2n) is 2.33. The Morgan fingerprint density at radius 1 is 1.80 bits per heavy atom. The van der Waals surface area contributed by atoms with Crippen molar-refractivity contribution in [3.63, 3.8) is 0 Å². The van der Waals surface area contributed by atoms with Gasteiger partial charge in [-0.05, 0) is 36.4 Å². The first-order valence-electron chi connectivity index (χ1n) is 2.97. The lowest BCUT2D eigenvalue weighted by atomic mass is 10.4. The maximum absolute atomic E-state index is 10.8. The van der Waals surface area contributed by atoms with E-state index in [9.17, 15) is 4.79 Å². The van der Waals surface area contributed by atoms with Crippen molar-refractivity contribution in [2.24, 2.45) is 0 Å². The van der Waals surface area contributed by atoms with E-state index >= 15 is 0 Å². The molecule has 0 N–H and O–H groups in total. The topological polar surface area (TPSA) is 26.3 Å². The van der Waals surface area contributed by atoms with Gasteiger partial charge in [-0.25, -0.2) is 0 Å². The summed E-state index contributed by atoms with van der Waals surface area (Å²) in [5.41, 5.74) is 0. The van der Waals surface area contributed by atoms with Crippen LogP contribution in [0.4, 0.5) is 0 Å². The molecule has 0 aromatic rings. The van der Waals surface area contributed by atoms with E-state index in [2.05, 4.69) is 29.2 Å². The minimum absolute atomic E-state index is 0.227. The molecule has 0 rings (SSSR count). The quantitative estimate of drug-likeness (QED) is 0.334. The van der Waals surface area contributed by atoms with Crippen LogP contribution >= 0.6 is 22.6 Å². The molecule has 0 heterocycles. The predicted octanol–water partition coefficient (Wildman–Crippen LogP) is 2.28. The number of ether oxygens (including phenoxy) is 1. The molecule has 0 aliphatic carbocycles. The van der Waals surface area contributed by atoms with Crippen LogP contribution in [0.3, 0.4) is 0 Å². The molecule has 0 bridgehead atoms. The van der Waals surface area contributed by atoms with E-state index < -0.39 is 3.61 Å². The van der Waals surface area contributed by atoms with Gasteiger partial charge in [0.25, 0.3) is 0 Å². The standard InChI is InChI=1S/C7H11IO2/c1-4-5-6(9)10-7(2,3)8/h4H,1,5H2,2-3H3. The van der Waals surface area contributed by atoms with E-state index in [4.69, 9.17) is 4.74 Å². The van der Waals surface area contributed by atoms with Crippen LogP contribution in [0, 0.1) is 0 Å². The highest BCUT2D eigenvalue weighted by Gasteiger charge is 2.16. The van der Waals surface area contributed by atoms with Gasteiger partial charge in [-0.15, -0.1) is 6.58 Å². The summed E-state index contributed by atoms with van der Waals surface area (Å²) in [5.74, 6) is -0.227. The van der Waals surface area contributed by atoms with Gasteiger partial charge in [-0.3, -0.25) is 4.79 Å². The van der Waals surface area contributed by atoms with Crippen LogP contribution < -0.4 is 0 Å². The molecule has 0 fully saturated rings. The molecule has 0 aromatic carbocycles. The zero-order chi connectivity index (χ0) is 8.20. The van der Waals surface area contributed by atoms with Gasteiger partial charge in [-0.1, -0.05) is 6.08 Å². The van der Waals surface area contributed by atoms with E-state index in [0.717, 1.165) is 0 Å². The Morgan fingerprint density at radius 2 is 2.30 bits per heavy atom. The number of hydrogen-bond acceptors (Lipinski definition) is 2. The minimum atomic E-state index is -0.405. The molecule has 0 radical (unpaired) electrons. The summed E-state index contributed by atoms with van der Waals surface area (Å²) in [4.78, 5) is 10.8. The monoisotopic (exact) mass is 254 g/mol. The van der Waals surface area contributed by atoms with Crippen molar-refractivity contribution in [2.45, 2.75) is 23.9 Å². The molecule has 10 heavy (non-hydrogen) atoms. The molecule has 0 aliphatic rings. The molecular formula is C7H11IO2. The highest BCUT2D eigenvalue weighted by Crippen LogP contribution is 2.18. The zero-order valence-electron chi connectivity index (χ0n) is 6.19. The molecule has 0 spiro atoms. The Morgan fingerprint density at radius 3 is 2.60 bits per heavy atom. The van der Waals surface area contributed by atoms with E-state index in [1.54, 1.807) is 0 Å². The Bertz CT molecular complexity index is 135. The first-order valence-corrected chi connectivity index (χ1v) is 4.05. The Labute approximate surface area is 74.8 Å². The number of esters is 1. The maximum Gasteiger partial charge on any atom is 0.310 e. The number of carbonyl (C=O) groups excluding carboxylic acids is 1. The molecule has 0 amide bonds. The number of halogens is 1. The average molecular weight is 254 g/mol. The molecule has 58 valence electrons. The highest BCUT2D eigenvalue weighted by atomic mass is 127. The SMILES string of the molecule is C=CCC(=O)OC(C)(C)I. The molecular weight excluding hydrogens is 243 g/mol.